The Morgan fingerprint density at radius 3 is 2.59 bits per heavy atom. The minimum absolute atomic E-state index is 0.140. The van der Waals surface area contributed by atoms with Gasteiger partial charge >= 0.3 is 0 Å². The number of nitrogens with two attached hydrogens (primary N) is 1. The molecule has 3 unspecified atom stereocenters. The van der Waals surface area contributed by atoms with E-state index in [1.807, 2.05) is 12.1 Å². The molecule has 94 valence electrons. The lowest BCUT2D eigenvalue weighted by molar-refractivity contribution is 0.176. The first-order chi connectivity index (χ1) is 7.92. The van der Waals surface area contributed by atoms with Crippen molar-refractivity contribution < 1.29 is 4.39 Å². The number of halogens is 1. The van der Waals surface area contributed by atoms with Gasteiger partial charge in [-0.1, -0.05) is 26.0 Å². The van der Waals surface area contributed by atoms with Crippen LogP contribution in [0.4, 0.5) is 4.39 Å². The van der Waals surface area contributed by atoms with E-state index in [-0.39, 0.29) is 11.4 Å². The Hall–Kier alpha value is -0.890. The van der Waals surface area contributed by atoms with E-state index in [2.05, 4.69) is 13.8 Å². The van der Waals surface area contributed by atoms with Gasteiger partial charge in [-0.05, 0) is 55.2 Å². The molecule has 1 aromatic carbocycles. The largest absolute Gasteiger partial charge is 0.321 e. The van der Waals surface area contributed by atoms with Crippen molar-refractivity contribution in [2.75, 3.05) is 0 Å². The van der Waals surface area contributed by atoms with Gasteiger partial charge in [0.2, 0.25) is 0 Å². The lowest BCUT2D eigenvalue weighted by Crippen LogP contribution is -2.43. The van der Waals surface area contributed by atoms with Crippen LogP contribution in [-0.4, -0.2) is 0 Å². The number of benzene rings is 1. The number of hydrogen-bond acceptors (Lipinski definition) is 1. The molecule has 1 aliphatic rings. The summed E-state index contributed by atoms with van der Waals surface area (Å²) >= 11 is 0. The molecule has 0 aromatic heterocycles. The molecule has 1 aliphatic carbocycles. The summed E-state index contributed by atoms with van der Waals surface area (Å²) < 4.78 is 13.6. The van der Waals surface area contributed by atoms with Crippen LogP contribution in [0.1, 0.15) is 44.2 Å². The second kappa shape index (κ2) is 4.41. The summed E-state index contributed by atoms with van der Waals surface area (Å²) in [4.78, 5) is 0. The van der Waals surface area contributed by atoms with Crippen LogP contribution in [0, 0.1) is 24.6 Å². The second-order valence-electron chi connectivity index (χ2n) is 5.82. The zero-order valence-electron chi connectivity index (χ0n) is 11.0. The summed E-state index contributed by atoms with van der Waals surface area (Å²) in [5.74, 6) is 1.19. The standard InChI is InChI=1S/C15H22FN/c1-10-6-7-15(17,9-12(10)3)13-5-4-11(2)14(16)8-13/h4-5,8,10,12H,6-7,9,17H2,1-3H3. The second-order valence-corrected chi connectivity index (χ2v) is 5.82. The Kier molecular flexibility index (Phi) is 3.26. The third-order valence-corrected chi connectivity index (χ3v) is 4.45. The first kappa shape index (κ1) is 12.6. The van der Waals surface area contributed by atoms with Crippen molar-refractivity contribution in [2.24, 2.45) is 17.6 Å². The average molecular weight is 235 g/mol. The minimum atomic E-state index is -0.333. The van der Waals surface area contributed by atoms with E-state index in [4.69, 9.17) is 5.73 Å². The summed E-state index contributed by atoms with van der Waals surface area (Å²) in [5, 5.41) is 0. The molecule has 0 bridgehead atoms. The highest BCUT2D eigenvalue weighted by atomic mass is 19.1. The fraction of sp³-hybridized carbons (Fsp3) is 0.600. The summed E-state index contributed by atoms with van der Waals surface area (Å²) in [5.41, 5.74) is 7.80. The first-order valence-corrected chi connectivity index (χ1v) is 6.48. The van der Waals surface area contributed by atoms with Gasteiger partial charge in [0.1, 0.15) is 5.82 Å². The molecule has 0 amide bonds. The van der Waals surface area contributed by atoms with Crippen LogP contribution < -0.4 is 5.73 Å². The van der Waals surface area contributed by atoms with Crippen molar-refractivity contribution in [3.8, 4) is 0 Å². The molecule has 2 rings (SSSR count). The molecule has 1 nitrogen and oxygen atoms in total. The van der Waals surface area contributed by atoms with Crippen molar-refractivity contribution in [3.63, 3.8) is 0 Å². The molecule has 0 radical (unpaired) electrons. The summed E-state index contributed by atoms with van der Waals surface area (Å²) in [6.45, 7) is 6.31. The van der Waals surface area contributed by atoms with Gasteiger partial charge in [-0.15, -0.1) is 0 Å². The minimum Gasteiger partial charge on any atom is -0.321 e. The van der Waals surface area contributed by atoms with Crippen molar-refractivity contribution in [1.82, 2.24) is 0 Å². The predicted molar refractivity (Wildman–Crippen MR) is 69.2 cm³/mol. The summed E-state index contributed by atoms with van der Waals surface area (Å²) in [6, 6.07) is 5.45. The monoisotopic (exact) mass is 235 g/mol. The molecule has 0 spiro atoms. The molecule has 1 saturated carbocycles. The maximum absolute atomic E-state index is 13.6. The van der Waals surface area contributed by atoms with Crippen LogP contribution in [0.5, 0.6) is 0 Å². The van der Waals surface area contributed by atoms with Crippen LogP contribution in [-0.2, 0) is 5.54 Å². The Morgan fingerprint density at radius 1 is 1.29 bits per heavy atom. The molecular formula is C15H22FN. The predicted octanol–water partition coefficient (Wildman–Crippen LogP) is 3.74. The van der Waals surface area contributed by atoms with Gasteiger partial charge in [-0.2, -0.15) is 0 Å². The first-order valence-electron chi connectivity index (χ1n) is 6.48. The van der Waals surface area contributed by atoms with E-state index in [1.54, 1.807) is 13.0 Å². The third-order valence-electron chi connectivity index (χ3n) is 4.45. The van der Waals surface area contributed by atoms with E-state index < -0.39 is 0 Å². The SMILES string of the molecule is Cc1ccc(C2(N)CCC(C)C(C)C2)cc1F. The molecule has 3 atom stereocenters. The van der Waals surface area contributed by atoms with Gasteiger partial charge in [0.05, 0.1) is 0 Å². The average Bonchev–Trinajstić information content (AvgIpc) is 2.28. The van der Waals surface area contributed by atoms with Crippen LogP contribution in [0.25, 0.3) is 0 Å². The van der Waals surface area contributed by atoms with E-state index in [9.17, 15) is 4.39 Å². The van der Waals surface area contributed by atoms with Crippen molar-refractivity contribution >= 4 is 0 Å². The van der Waals surface area contributed by atoms with Crippen molar-refractivity contribution in [1.29, 1.82) is 0 Å². The van der Waals surface area contributed by atoms with Gasteiger partial charge in [0.25, 0.3) is 0 Å². The van der Waals surface area contributed by atoms with Gasteiger partial charge in [-0.25, -0.2) is 4.39 Å². The van der Waals surface area contributed by atoms with Crippen molar-refractivity contribution in [2.45, 2.75) is 45.6 Å². The molecule has 2 N–H and O–H groups in total. The zero-order chi connectivity index (χ0) is 12.6. The van der Waals surface area contributed by atoms with Crippen LogP contribution in [0.2, 0.25) is 0 Å². The Balaban J connectivity index is 2.29. The Bertz CT molecular complexity index is 415. The highest BCUT2D eigenvalue weighted by Crippen LogP contribution is 2.40. The molecule has 0 heterocycles. The normalized spacial score (nSPS) is 33.7. The van der Waals surface area contributed by atoms with E-state index in [0.717, 1.165) is 30.7 Å². The quantitative estimate of drug-likeness (QED) is 0.788. The topological polar surface area (TPSA) is 26.0 Å². The fourth-order valence-corrected chi connectivity index (χ4v) is 2.81. The number of hydrogen-bond donors (Lipinski definition) is 1. The Morgan fingerprint density at radius 2 is 2.00 bits per heavy atom. The van der Waals surface area contributed by atoms with Gasteiger partial charge in [-0.3, -0.25) is 0 Å². The van der Waals surface area contributed by atoms with Crippen molar-refractivity contribution in [3.05, 3.63) is 35.1 Å². The van der Waals surface area contributed by atoms with E-state index >= 15 is 0 Å². The highest BCUT2D eigenvalue weighted by Gasteiger charge is 2.35. The summed E-state index contributed by atoms with van der Waals surface area (Å²) in [6.07, 6.45) is 3.05. The zero-order valence-corrected chi connectivity index (χ0v) is 11.0. The maximum atomic E-state index is 13.6. The fourth-order valence-electron chi connectivity index (χ4n) is 2.81. The molecule has 1 fully saturated rings. The van der Waals surface area contributed by atoms with Crippen LogP contribution in [0.3, 0.4) is 0 Å². The highest BCUT2D eigenvalue weighted by molar-refractivity contribution is 5.29. The van der Waals surface area contributed by atoms with Gasteiger partial charge in [0, 0.05) is 5.54 Å². The number of aryl methyl sites for hydroxylation is 1. The molecule has 1 aromatic rings. The van der Waals surface area contributed by atoms with E-state index in [0.29, 0.717) is 11.5 Å². The lowest BCUT2D eigenvalue weighted by Gasteiger charge is -2.40. The maximum Gasteiger partial charge on any atom is 0.126 e. The molecule has 2 heteroatoms. The molecule has 17 heavy (non-hydrogen) atoms. The molecule has 0 saturated heterocycles. The third kappa shape index (κ3) is 2.37. The molecule has 0 aliphatic heterocycles. The van der Waals surface area contributed by atoms with E-state index in [1.165, 1.54) is 0 Å². The smallest absolute Gasteiger partial charge is 0.126 e. The summed E-state index contributed by atoms with van der Waals surface area (Å²) in [7, 11) is 0. The molecular weight excluding hydrogens is 213 g/mol. The van der Waals surface area contributed by atoms with Crippen LogP contribution in [0.15, 0.2) is 18.2 Å². The Labute approximate surface area is 103 Å². The number of rotatable bonds is 1. The van der Waals surface area contributed by atoms with Crippen LogP contribution >= 0.6 is 0 Å². The van der Waals surface area contributed by atoms with Gasteiger partial charge in [0.15, 0.2) is 0 Å². The lowest BCUT2D eigenvalue weighted by atomic mass is 9.69. The van der Waals surface area contributed by atoms with Gasteiger partial charge < -0.3 is 5.73 Å².